The van der Waals surface area contributed by atoms with E-state index in [4.69, 9.17) is 0 Å². The summed E-state index contributed by atoms with van der Waals surface area (Å²) in [6.45, 7) is 9.58. The minimum absolute atomic E-state index is 0.152. The lowest BCUT2D eigenvalue weighted by molar-refractivity contribution is 0.659. The quantitative estimate of drug-likeness (QED) is 0.141. The number of aromatic nitrogens is 2. The summed E-state index contributed by atoms with van der Waals surface area (Å²) in [7, 11) is 0. The van der Waals surface area contributed by atoms with Gasteiger partial charge in [-0.2, -0.15) is 0 Å². The van der Waals surface area contributed by atoms with Gasteiger partial charge in [0.15, 0.2) is 0 Å². The lowest BCUT2D eigenvalue weighted by Gasteiger charge is -2.23. The Bertz CT molecular complexity index is 4620. The van der Waals surface area contributed by atoms with Crippen molar-refractivity contribution >= 4 is 78.7 Å². The molecule has 0 aliphatic heterocycles. The summed E-state index contributed by atoms with van der Waals surface area (Å²) in [6.07, 6.45) is 9.10. The second kappa shape index (κ2) is 16.6. The monoisotopic (exact) mass is 970 g/mol. The molecule has 0 unspecified atom stereocenters. The van der Waals surface area contributed by atoms with Gasteiger partial charge in [-0.1, -0.05) is 216 Å². The Kier molecular flexibility index (Phi) is 9.69. The molecular weight excluding hydrogens is 917 g/mol. The van der Waals surface area contributed by atoms with E-state index in [1.807, 2.05) is 0 Å². The molecule has 15 rings (SSSR count). The molecule has 2 heteroatoms. The van der Waals surface area contributed by atoms with Gasteiger partial charge < -0.3 is 9.13 Å². The minimum Gasteiger partial charge on any atom is -0.309 e. The minimum atomic E-state index is -0.157. The van der Waals surface area contributed by atoms with Crippen LogP contribution in [-0.4, -0.2) is 9.13 Å². The van der Waals surface area contributed by atoms with Gasteiger partial charge in [-0.15, -0.1) is 0 Å². The van der Waals surface area contributed by atoms with Crippen molar-refractivity contribution in [3.05, 3.63) is 275 Å². The number of fused-ring (bicyclic) bond motifs is 13. The maximum atomic E-state index is 2.46. The highest BCUT2D eigenvalue weighted by atomic mass is 15.0. The molecule has 2 aromatic heterocycles. The first-order valence-corrected chi connectivity index (χ1v) is 26.7. The van der Waals surface area contributed by atoms with E-state index in [1.54, 1.807) is 0 Å². The van der Waals surface area contributed by atoms with Crippen LogP contribution in [0.5, 0.6) is 0 Å². The van der Waals surface area contributed by atoms with Crippen LogP contribution in [0.4, 0.5) is 0 Å². The van der Waals surface area contributed by atoms with Crippen LogP contribution in [0, 0.1) is 0 Å². The molecule has 2 aliphatic carbocycles. The molecule has 360 valence electrons. The Morgan fingerprint density at radius 2 is 0.684 bits per heavy atom. The van der Waals surface area contributed by atoms with E-state index in [0.29, 0.717) is 0 Å². The van der Waals surface area contributed by atoms with Gasteiger partial charge in [0.2, 0.25) is 0 Å². The first-order chi connectivity index (χ1) is 37.2. The van der Waals surface area contributed by atoms with E-state index in [1.165, 1.54) is 144 Å². The van der Waals surface area contributed by atoms with E-state index < -0.39 is 0 Å². The van der Waals surface area contributed by atoms with Crippen molar-refractivity contribution in [3.8, 4) is 44.8 Å². The highest BCUT2D eigenvalue weighted by molar-refractivity contribution is 6.12. The number of benzene rings is 11. The average Bonchev–Trinajstić information content (AvgIpc) is 4.13. The van der Waals surface area contributed by atoms with E-state index >= 15 is 0 Å². The summed E-state index contributed by atoms with van der Waals surface area (Å²) in [6, 6.07) is 85.7. The van der Waals surface area contributed by atoms with Crippen molar-refractivity contribution in [2.24, 2.45) is 0 Å². The number of hydrogen-bond acceptors (Lipinski definition) is 0. The van der Waals surface area contributed by atoms with Crippen molar-refractivity contribution in [3.63, 3.8) is 0 Å². The molecule has 2 heterocycles. The van der Waals surface area contributed by atoms with Gasteiger partial charge in [0.25, 0.3) is 0 Å². The first-order valence-electron chi connectivity index (χ1n) is 26.7. The molecule has 0 saturated carbocycles. The highest BCUT2D eigenvalue weighted by Crippen LogP contribution is 2.53. The van der Waals surface area contributed by atoms with Crippen LogP contribution in [0.3, 0.4) is 0 Å². The van der Waals surface area contributed by atoms with Crippen molar-refractivity contribution in [1.29, 1.82) is 0 Å². The summed E-state index contributed by atoms with van der Waals surface area (Å²) in [5, 5.41) is 7.55. The summed E-state index contributed by atoms with van der Waals surface area (Å²) < 4.78 is 4.80. The Labute approximate surface area is 443 Å². The highest BCUT2D eigenvalue weighted by Gasteiger charge is 2.38. The fourth-order valence-corrected chi connectivity index (χ4v) is 13.2. The van der Waals surface area contributed by atoms with Crippen LogP contribution in [-0.2, 0) is 10.8 Å². The molecule has 2 aliphatic rings. The second-order valence-electron chi connectivity index (χ2n) is 22.1. The molecular formula is C74H54N2. The fraction of sp³-hybridized carbons (Fsp3) is 0.0811. The third-order valence-electron chi connectivity index (χ3n) is 17.1. The largest absolute Gasteiger partial charge is 0.309 e. The molecule has 0 saturated heterocycles. The number of hydrogen-bond donors (Lipinski definition) is 0. The van der Waals surface area contributed by atoms with Gasteiger partial charge in [-0.25, -0.2) is 0 Å². The Morgan fingerprint density at radius 1 is 0.289 bits per heavy atom. The molecule has 0 bridgehead atoms. The molecule has 0 amide bonds. The number of rotatable bonds is 7. The zero-order valence-corrected chi connectivity index (χ0v) is 43.1. The number of nitrogens with zero attached hydrogens (tertiary/aromatic N) is 2. The van der Waals surface area contributed by atoms with Gasteiger partial charge in [-0.3, -0.25) is 0 Å². The molecule has 13 aromatic rings. The SMILES string of the molecule is CC1(C)c2cc(C=Cc3ccc4c(c3)c3ccccc3n4-c3ccccc3)ccc2-c2ccc(-c3ccc4c(c3)C(C)(C)c3cc(C=Cc5ccc6c(c5)c5ccccc5n6-c5cccc6ccccc56)ccc3-4)cc21. The van der Waals surface area contributed by atoms with Crippen LogP contribution in [0.1, 0.15) is 72.2 Å². The fourth-order valence-electron chi connectivity index (χ4n) is 13.2. The van der Waals surface area contributed by atoms with Crippen molar-refractivity contribution in [2.45, 2.75) is 38.5 Å². The summed E-state index contributed by atoms with van der Waals surface area (Å²) >= 11 is 0. The van der Waals surface area contributed by atoms with Gasteiger partial charge in [0.05, 0.1) is 27.8 Å². The van der Waals surface area contributed by atoms with E-state index in [-0.39, 0.29) is 10.8 Å². The second-order valence-corrected chi connectivity index (χ2v) is 22.1. The van der Waals surface area contributed by atoms with Crippen molar-refractivity contribution < 1.29 is 0 Å². The maximum Gasteiger partial charge on any atom is 0.0541 e. The molecule has 76 heavy (non-hydrogen) atoms. The molecule has 0 atom stereocenters. The lowest BCUT2D eigenvalue weighted by Crippen LogP contribution is -2.15. The normalized spacial score (nSPS) is 14.2. The zero-order chi connectivity index (χ0) is 50.9. The zero-order valence-electron chi connectivity index (χ0n) is 43.1. The molecule has 0 spiro atoms. The van der Waals surface area contributed by atoms with Gasteiger partial charge in [0, 0.05) is 43.4 Å². The number of para-hydroxylation sites is 3. The van der Waals surface area contributed by atoms with Crippen LogP contribution >= 0.6 is 0 Å². The molecule has 11 aromatic carbocycles. The Balaban J connectivity index is 0.695. The van der Waals surface area contributed by atoms with E-state index in [2.05, 4.69) is 292 Å². The first kappa shape index (κ1) is 44.3. The third kappa shape index (κ3) is 6.73. The lowest BCUT2D eigenvalue weighted by atomic mass is 9.80. The predicted octanol–water partition coefficient (Wildman–Crippen LogP) is 19.7. The molecule has 0 fully saturated rings. The average molecular weight is 971 g/mol. The summed E-state index contributed by atoms with van der Waals surface area (Å²) in [5.74, 6) is 0. The molecule has 2 nitrogen and oxygen atoms in total. The Morgan fingerprint density at radius 3 is 1.24 bits per heavy atom. The van der Waals surface area contributed by atoms with Gasteiger partial charge in [-0.05, 0) is 150 Å². The standard InChI is InChI=1S/C74H54N2/c1-73(2)64-43-49(27-25-47-31-39-71-62(41-47)60-20-10-12-22-69(60)75(71)54-17-6-5-7-18-54)29-35-56(64)58-37-33-52(45-66(58)73)53-34-38-59-57-36-30-50(44-65(57)74(3,4)67(59)46-53)28-26-48-32-40-72-63(42-48)61-21-11-13-23-70(61)76(72)68-24-14-16-51-15-8-9-19-55(51)68/h5-46H,1-4H3. The van der Waals surface area contributed by atoms with Crippen molar-refractivity contribution in [1.82, 2.24) is 9.13 Å². The maximum absolute atomic E-state index is 2.46. The summed E-state index contributed by atoms with van der Waals surface area (Å²) in [5.41, 5.74) is 25.1. The summed E-state index contributed by atoms with van der Waals surface area (Å²) in [4.78, 5) is 0. The van der Waals surface area contributed by atoms with Crippen molar-refractivity contribution in [2.75, 3.05) is 0 Å². The van der Waals surface area contributed by atoms with E-state index in [9.17, 15) is 0 Å². The molecule has 0 radical (unpaired) electrons. The van der Waals surface area contributed by atoms with E-state index in [0.717, 1.165) is 0 Å². The van der Waals surface area contributed by atoms with Gasteiger partial charge >= 0.3 is 0 Å². The smallest absolute Gasteiger partial charge is 0.0541 e. The topological polar surface area (TPSA) is 9.86 Å². The third-order valence-corrected chi connectivity index (χ3v) is 17.1. The van der Waals surface area contributed by atoms with Crippen LogP contribution in [0.15, 0.2) is 231 Å². The van der Waals surface area contributed by atoms with Gasteiger partial charge in [0.1, 0.15) is 0 Å². The Hall–Kier alpha value is -9.24. The van der Waals surface area contributed by atoms with Crippen LogP contribution < -0.4 is 0 Å². The van der Waals surface area contributed by atoms with Crippen LogP contribution in [0.2, 0.25) is 0 Å². The predicted molar refractivity (Wildman–Crippen MR) is 324 cm³/mol. The van der Waals surface area contributed by atoms with Crippen LogP contribution in [0.25, 0.3) is 123 Å². The molecule has 0 N–H and O–H groups in total.